The molecule has 144 valence electrons. The average Bonchev–Trinajstić information content (AvgIpc) is 2.67. The molecule has 1 heterocycles. The third kappa shape index (κ3) is 4.44. The average molecular weight is 398 g/mol. The van der Waals surface area contributed by atoms with Crippen molar-refractivity contribution in [3.8, 4) is 17.0 Å². The van der Waals surface area contributed by atoms with E-state index in [1.807, 2.05) is 10.8 Å². The highest BCUT2D eigenvalue weighted by atomic mass is 32.2. The second kappa shape index (κ2) is 8.05. The zero-order valence-electron chi connectivity index (χ0n) is 15.2. The van der Waals surface area contributed by atoms with E-state index in [9.17, 15) is 13.2 Å². The van der Waals surface area contributed by atoms with Gasteiger partial charge in [0.05, 0.1) is 12.0 Å². The van der Waals surface area contributed by atoms with Crippen molar-refractivity contribution in [1.82, 2.24) is 14.7 Å². The van der Waals surface area contributed by atoms with E-state index in [0.717, 1.165) is 5.56 Å². The summed E-state index contributed by atoms with van der Waals surface area (Å²) in [6.07, 6.45) is 0. The van der Waals surface area contributed by atoms with Crippen molar-refractivity contribution in [2.75, 3.05) is 12.4 Å². The maximum Gasteiger partial charge on any atom is 0.335 e. The van der Waals surface area contributed by atoms with Crippen LogP contribution in [0.3, 0.4) is 0 Å². The number of hydrogen-bond acceptors (Lipinski definition) is 6. The first-order chi connectivity index (χ1) is 13.4. The van der Waals surface area contributed by atoms with E-state index in [1.54, 1.807) is 55.5 Å². The van der Waals surface area contributed by atoms with Crippen molar-refractivity contribution < 1.29 is 17.9 Å². The number of rotatable bonds is 5. The molecule has 0 aliphatic carbocycles. The highest BCUT2D eigenvalue weighted by molar-refractivity contribution is 7.90. The van der Waals surface area contributed by atoms with Crippen LogP contribution in [0, 0.1) is 6.92 Å². The molecule has 3 rings (SSSR count). The summed E-state index contributed by atoms with van der Waals surface area (Å²) in [7, 11) is -2.71. The number of sulfonamides is 1. The molecule has 0 unspecified atom stereocenters. The maximum absolute atomic E-state index is 12.8. The molecule has 3 aromatic rings. The van der Waals surface area contributed by atoms with E-state index in [-0.39, 0.29) is 16.7 Å². The van der Waals surface area contributed by atoms with Gasteiger partial charge in [-0.25, -0.2) is 22.9 Å². The summed E-state index contributed by atoms with van der Waals surface area (Å²) in [5.74, 6) is 0.181. The summed E-state index contributed by atoms with van der Waals surface area (Å²) in [4.78, 5) is 20.2. The second-order valence-electron chi connectivity index (χ2n) is 5.80. The number of amides is 2. The topological polar surface area (TPSA) is 110 Å². The number of aryl methyl sites for hydroxylation is 1. The fourth-order valence-electron chi connectivity index (χ4n) is 2.56. The van der Waals surface area contributed by atoms with E-state index in [1.165, 1.54) is 13.2 Å². The molecule has 0 radical (unpaired) electrons. The van der Waals surface area contributed by atoms with Crippen molar-refractivity contribution >= 4 is 22.0 Å². The number of methoxy groups -OCH3 is 1. The van der Waals surface area contributed by atoms with E-state index in [0.29, 0.717) is 11.3 Å². The van der Waals surface area contributed by atoms with Crippen molar-refractivity contribution in [2.24, 2.45) is 0 Å². The highest BCUT2D eigenvalue weighted by Gasteiger charge is 2.22. The van der Waals surface area contributed by atoms with Crippen molar-refractivity contribution in [1.29, 1.82) is 0 Å². The number of hydrogen-bond donors (Lipinski definition) is 2. The van der Waals surface area contributed by atoms with Crippen molar-refractivity contribution in [3.63, 3.8) is 0 Å². The fraction of sp³-hybridized carbons (Fsp3) is 0.105. The lowest BCUT2D eigenvalue weighted by Crippen LogP contribution is -2.35. The van der Waals surface area contributed by atoms with Crippen LogP contribution in [0.1, 0.15) is 5.69 Å². The van der Waals surface area contributed by atoms with E-state index < -0.39 is 16.1 Å². The number of carbonyl (C=O) groups is 1. The summed E-state index contributed by atoms with van der Waals surface area (Å²) < 4.78 is 32.6. The Morgan fingerprint density at radius 1 is 1.00 bits per heavy atom. The van der Waals surface area contributed by atoms with Gasteiger partial charge in [-0.2, -0.15) is 4.98 Å². The van der Waals surface area contributed by atoms with Crippen LogP contribution in [0.5, 0.6) is 5.88 Å². The molecule has 0 aliphatic rings. The number of nitrogens with one attached hydrogen (secondary N) is 2. The molecule has 1 aromatic heterocycles. The van der Waals surface area contributed by atoms with Gasteiger partial charge in [0.25, 0.3) is 10.0 Å². The molecule has 2 amide bonds. The first-order valence-corrected chi connectivity index (χ1v) is 9.75. The highest BCUT2D eigenvalue weighted by Crippen LogP contribution is 2.26. The molecule has 9 heteroatoms. The molecule has 0 spiro atoms. The molecule has 0 bridgehead atoms. The Kier molecular flexibility index (Phi) is 5.55. The Hall–Kier alpha value is -3.46. The predicted octanol–water partition coefficient (Wildman–Crippen LogP) is 2.97. The van der Waals surface area contributed by atoms with Gasteiger partial charge in [0.15, 0.2) is 0 Å². The molecule has 0 saturated carbocycles. The summed E-state index contributed by atoms with van der Waals surface area (Å²) in [5.41, 5.74) is 1.76. The minimum Gasteiger partial charge on any atom is -0.481 e. The number of aromatic nitrogens is 2. The van der Waals surface area contributed by atoms with Crippen molar-refractivity contribution in [3.05, 3.63) is 66.4 Å². The Bertz CT molecular complexity index is 1100. The van der Waals surface area contributed by atoms with Gasteiger partial charge >= 0.3 is 6.03 Å². The zero-order chi connectivity index (χ0) is 20.1. The minimum absolute atomic E-state index is 0.0147. The van der Waals surface area contributed by atoms with Crippen LogP contribution >= 0.6 is 0 Å². The number of ether oxygens (including phenoxy) is 1. The number of urea groups is 1. The summed E-state index contributed by atoms with van der Waals surface area (Å²) in [5, 5.41) is 2.31. The molecule has 0 atom stereocenters. The SMILES string of the molecule is COc1cc(C)nc(NC(=O)NS(=O)(=O)c2ccccc2-c2ccccc2)n1. The molecule has 8 nitrogen and oxygen atoms in total. The van der Waals surface area contributed by atoms with Crippen molar-refractivity contribution in [2.45, 2.75) is 11.8 Å². The predicted molar refractivity (Wildman–Crippen MR) is 105 cm³/mol. The summed E-state index contributed by atoms with van der Waals surface area (Å²) >= 11 is 0. The van der Waals surface area contributed by atoms with Crippen LogP contribution in [-0.2, 0) is 10.0 Å². The lowest BCUT2D eigenvalue weighted by molar-refractivity contribution is 0.256. The third-order valence-corrected chi connectivity index (χ3v) is 5.14. The normalized spacial score (nSPS) is 10.9. The fourth-order valence-corrected chi connectivity index (χ4v) is 3.70. The van der Waals surface area contributed by atoms with E-state index in [2.05, 4.69) is 15.3 Å². The number of anilines is 1. The maximum atomic E-state index is 12.8. The monoisotopic (exact) mass is 398 g/mol. The molecule has 0 saturated heterocycles. The number of carbonyl (C=O) groups excluding carboxylic acids is 1. The summed E-state index contributed by atoms with van der Waals surface area (Å²) in [6.45, 7) is 1.69. The number of benzene rings is 2. The second-order valence-corrected chi connectivity index (χ2v) is 7.45. The van der Waals surface area contributed by atoms with Gasteiger partial charge in [0, 0.05) is 17.3 Å². The van der Waals surface area contributed by atoms with Gasteiger partial charge in [-0.1, -0.05) is 48.5 Å². The third-order valence-electron chi connectivity index (χ3n) is 3.75. The Morgan fingerprint density at radius 2 is 1.68 bits per heavy atom. The van der Waals surface area contributed by atoms with Gasteiger partial charge < -0.3 is 4.74 Å². The molecule has 2 aromatic carbocycles. The van der Waals surface area contributed by atoms with Gasteiger partial charge in [-0.05, 0) is 18.6 Å². The largest absolute Gasteiger partial charge is 0.481 e. The quantitative estimate of drug-likeness (QED) is 0.684. The lowest BCUT2D eigenvalue weighted by atomic mass is 10.1. The molecule has 28 heavy (non-hydrogen) atoms. The Labute approximate surface area is 162 Å². The number of nitrogens with zero attached hydrogens (tertiary/aromatic N) is 2. The first kappa shape index (κ1) is 19.3. The van der Waals surface area contributed by atoms with Gasteiger partial charge in [0.2, 0.25) is 11.8 Å². The first-order valence-electron chi connectivity index (χ1n) is 8.27. The van der Waals surface area contributed by atoms with Crippen LogP contribution in [0.25, 0.3) is 11.1 Å². The van der Waals surface area contributed by atoms with Crippen LogP contribution in [0.2, 0.25) is 0 Å². The Balaban J connectivity index is 1.85. The van der Waals surface area contributed by atoms with Crippen LogP contribution < -0.4 is 14.8 Å². The standard InChI is InChI=1S/C19H18N4O4S/c1-13-12-17(27-2)21-18(20-13)22-19(24)23-28(25,26)16-11-7-6-10-15(16)14-8-4-3-5-9-14/h3-12H,1-2H3,(H2,20,21,22,23,24). The smallest absolute Gasteiger partial charge is 0.335 e. The van der Waals surface area contributed by atoms with Gasteiger partial charge in [-0.3, -0.25) is 5.32 Å². The molecule has 0 fully saturated rings. The van der Waals surface area contributed by atoms with Gasteiger partial charge in [0.1, 0.15) is 0 Å². The van der Waals surface area contributed by atoms with Crippen LogP contribution in [0.15, 0.2) is 65.6 Å². The van der Waals surface area contributed by atoms with E-state index >= 15 is 0 Å². The van der Waals surface area contributed by atoms with E-state index in [4.69, 9.17) is 4.74 Å². The van der Waals surface area contributed by atoms with Crippen LogP contribution in [-0.4, -0.2) is 31.5 Å². The molecule has 0 aliphatic heterocycles. The molecule has 2 N–H and O–H groups in total. The van der Waals surface area contributed by atoms with Crippen LogP contribution in [0.4, 0.5) is 10.7 Å². The minimum atomic E-state index is -4.13. The molecular weight excluding hydrogens is 380 g/mol. The zero-order valence-corrected chi connectivity index (χ0v) is 16.0. The lowest BCUT2D eigenvalue weighted by Gasteiger charge is -2.12. The molecular formula is C19H18N4O4S. The summed E-state index contributed by atoms with van der Waals surface area (Å²) in [6, 6.07) is 16.1. The Morgan fingerprint density at radius 3 is 2.39 bits per heavy atom. The van der Waals surface area contributed by atoms with Gasteiger partial charge in [-0.15, -0.1) is 0 Å².